The third-order valence-corrected chi connectivity index (χ3v) is 2.42. The Morgan fingerprint density at radius 2 is 2.00 bits per heavy atom. The van der Waals surface area contributed by atoms with Crippen LogP contribution in [0.3, 0.4) is 0 Å². The number of para-hydroxylation sites is 1. The van der Waals surface area contributed by atoms with Crippen LogP contribution in [0.15, 0.2) is 24.3 Å². The summed E-state index contributed by atoms with van der Waals surface area (Å²) in [7, 11) is 0. The first-order chi connectivity index (χ1) is 8.59. The lowest BCUT2D eigenvalue weighted by Gasteiger charge is -2.10. The van der Waals surface area contributed by atoms with Crippen LogP contribution in [0.5, 0.6) is 0 Å². The summed E-state index contributed by atoms with van der Waals surface area (Å²) < 4.78 is 0. The normalized spacial score (nSPS) is 10.1. The number of carbonyl (C=O) groups is 2. The minimum atomic E-state index is -0.282. The first-order valence-electron chi connectivity index (χ1n) is 5.94. The first-order valence-corrected chi connectivity index (χ1v) is 5.94. The van der Waals surface area contributed by atoms with Gasteiger partial charge in [0.15, 0.2) is 0 Å². The summed E-state index contributed by atoms with van der Waals surface area (Å²) in [5.74, 6) is -0.369. The molecular formula is C13H19N3O2. The quantitative estimate of drug-likeness (QED) is 0.630. The lowest BCUT2D eigenvalue weighted by atomic mass is 10.1. The van der Waals surface area contributed by atoms with E-state index < -0.39 is 0 Å². The Morgan fingerprint density at radius 3 is 2.67 bits per heavy atom. The summed E-state index contributed by atoms with van der Waals surface area (Å²) in [5, 5.41) is 5.99. The molecule has 5 heteroatoms. The van der Waals surface area contributed by atoms with Crippen molar-refractivity contribution in [3.8, 4) is 0 Å². The molecule has 1 rings (SSSR count). The van der Waals surface area contributed by atoms with Gasteiger partial charge in [-0.15, -0.1) is 0 Å². The van der Waals surface area contributed by atoms with Gasteiger partial charge >= 0.3 is 0 Å². The average Bonchev–Trinajstić information content (AvgIpc) is 2.29. The predicted molar refractivity (Wildman–Crippen MR) is 70.9 cm³/mol. The van der Waals surface area contributed by atoms with Gasteiger partial charge in [0.2, 0.25) is 11.8 Å². The zero-order chi connectivity index (χ0) is 13.4. The van der Waals surface area contributed by atoms with E-state index in [2.05, 4.69) is 10.6 Å². The van der Waals surface area contributed by atoms with E-state index in [1.54, 1.807) is 0 Å². The van der Waals surface area contributed by atoms with Gasteiger partial charge in [0.1, 0.15) is 0 Å². The average molecular weight is 249 g/mol. The van der Waals surface area contributed by atoms with Crippen LogP contribution in [0.25, 0.3) is 0 Å². The summed E-state index contributed by atoms with van der Waals surface area (Å²) >= 11 is 0. The Morgan fingerprint density at radius 1 is 1.28 bits per heavy atom. The van der Waals surface area contributed by atoms with E-state index in [1.807, 2.05) is 24.3 Å². The Kier molecular flexibility index (Phi) is 5.87. The van der Waals surface area contributed by atoms with Crippen molar-refractivity contribution in [1.29, 1.82) is 0 Å². The van der Waals surface area contributed by atoms with Crippen molar-refractivity contribution in [3.63, 3.8) is 0 Å². The van der Waals surface area contributed by atoms with Crippen LogP contribution in [0, 0.1) is 0 Å². The van der Waals surface area contributed by atoms with Gasteiger partial charge in [-0.1, -0.05) is 18.2 Å². The monoisotopic (exact) mass is 249 g/mol. The van der Waals surface area contributed by atoms with Crippen LogP contribution in [0.4, 0.5) is 5.69 Å². The van der Waals surface area contributed by atoms with E-state index in [-0.39, 0.29) is 11.8 Å². The molecule has 0 saturated heterocycles. The number of hydrogen-bond donors (Lipinski definition) is 3. The summed E-state index contributed by atoms with van der Waals surface area (Å²) in [4.78, 5) is 21.6. The molecule has 4 N–H and O–H groups in total. The highest BCUT2D eigenvalue weighted by atomic mass is 16.1. The molecular weight excluding hydrogens is 230 g/mol. The van der Waals surface area contributed by atoms with Crippen LogP contribution < -0.4 is 16.4 Å². The number of amides is 2. The number of primary amides is 1. The topological polar surface area (TPSA) is 84.2 Å². The Labute approximate surface area is 107 Å². The van der Waals surface area contributed by atoms with Crippen molar-refractivity contribution >= 4 is 17.5 Å². The molecule has 0 heterocycles. The first kappa shape index (κ1) is 14.2. The van der Waals surface area contributed by atoms with Crippen molar-refractivity contribution in [3.05, 3.63) is 29.8 Å². The second-order valence-electron chi connectivity index (χ2n) is 4.08. The molecule has 1 aromatic rings. The fourth-order valence-corrected chi connectivity index (χ4v) is 1.60. The second-order valence-corrected chi connectivity index (χ2v) is 4.08. The summed E-state index contributed by atoms with van der Waals surface area (Å²) in [6.45, 7) is 2.85. The van der Waals surface area contributed by atoms with E-state index >= 15 is 0 Å². The molecule has 0 fully saturated rings. The summed E-state index contributed by atoms with van der Waals surface area (Å²) in [6.07, 6.45) is 1.11. The van der Waals surface area contributed by atoms with E-state index in [1.165, 1.54) is 6.92 Å². The Hall–Kier alpha value is -1.88. The van der Waals surface area contributed by atoms with E-state index in [0.717, 1.165) is 24.2 Å². The summed E-state index contributed by atoms with van der Waals surface area (Å²) in [6, 6.07) is 7.61. The van der Waals surface area contributed by atoms with Crippen LogP contribution in [0.1, 0.15) is 25.3 Å². The number of anilines is 1. The highest BCUT2D eigenvalue weighted by Crippen LogP contribution is 2.14. The number of nitrogens with two attached hydrogens (primary N) is 1. The molecule has 0 spiro atoms. The SMILES string of the molecule is CC(=O)Nc1ccccc1CNCCCC(N)=O. The molecule has 2 amide bonds. The molecule has 0 unspecified atom stereocenters. The minimum absolute atomic E-state index is 0.0869. The molecule has 18 heavy (non-hydrogen) atoms. The molecule has 0 saturated carbocycles. The molecule has 0 radical (unpaired) electrons. The number of benzene rings is 1. The predicted octanol–water partition coefficient (Wildman–Crippen LogP) is 1.00. The molecule has 0 bridgehead atoms. The number of rotatable bonds is 7. The third kappa shape index (κ3) is 5.45. The zero-order valence-electron chi connectivity index (χ0n) is 10.5. The standard InChI is InChI=1S/C13H19N3O2/c1-10(17)16-12-6-3-2-5-11(12)9-15-8-4-7-13(14)18/h2-3,5-6,15H,4,7-9H2,1H3,(H2,14,18)(H,16,17). The Bertz CT molecular complexity index is 418. The van der Waals surface area contributed by atoms with Gasteiger partial charge in [0.25, 0.3) is 0 Å². The second kappa shape index (κ2) is 7.45. The van der Waals surface area contributed by atoms with Crippen molar-refractivity contribution in [2.24, 2.45) is 5.73 Å². The van der Waals surface area contributed by atoms with E-state index in [4.69, 9.17) is 5.73 Å². The maximum atomic E-state index is 11.0. The molecule has 0 aliphatic carbocycles. The lowest BCUT2D eigenvalue weighted by Crippen LogP contribution is -2.19. The van der Waals surface area contributed by atoms with Gasteiger partial charge in [0.05, 0.1) is 0 Å². The fourth-order valence-electron chi connectivity index (χ4n) is 1.60. The minimum Gasteiger partial charge on any atom is -0.370 e. The number of nitrogens with one attached hydrogen (secondary N) is 2. The van der Waals surface area contributed by atoms with Crippen LogP contribution in [-0.4, -0.2) is 18.4 Å². The number of carbonyl (C=O) groups excluding carboxylic acids is 2. The molecule has 1 aromatic carbocycles. The van der Waals surface area contributed by atoms with Gasteiger partial charge in [-0.3, -0.25) is 9.59 Å². The lowest BCUT2D eigenvalue weighted by molar-refractivity contribution is -0.118. The van der Waals surface area contributed by atoms with Gasteiger partial charge in [-0.05, 0) is 24.6 Å². The van der Waals surface area contributed by atoms with Crippen LogP contribution >= 0.6 is 0 Å². The van der Waals surface area contributed by atoms with Crippen molar-refractivity contribution in [1.82, 2.24) is 5.32 Å². The molecule has 98 valence electrons. The molecule has 0 aromatic heterocycles. The fraction of sp³-hybridized carbons (Fsp3) is 0.385. The summed E-state index contributed by atoms with van der Waals surface area (Å²) in [5.41, 5.74) is 6.88. The van der Waals surface area contributed by atoms with Crippen molar-refractivity contribution < 1.29 is 9.59 Å². The molecule has 5 nitrogen and oxygen atoms in total. The number of hydrogen-bond acceptors (Lipinski definition) is 3. The third-order valence-electron chi connectivity index (χ3n) is 2.42. The van der Waals surface area contributed by atoms with E-state index in [0.29, 0.717) is 13.0 Å². The van der Waals surface area contributed by atoms with Crippen LogP contribution in [0.2, 0.25) is 0 Å². The van der Waals surface area contributed by atoms with Gasteiger partial charge in [-0.25, -0.2) is 0 Å². The largest absolute Gasteiger partial charge is 0.370 e. The molecule has 0 atom stereocenters. The maximum absolute atomic E-state index is 11.0. The van der Waals surface area contributed by atoms with Crippen molar-refractivity contribution in [2.75, 3.05) is 11.9 Å². The Balaban J connectivity index is 2.41. The maximum Gasteiger partial charge on any atom is 0.221 e. The van der Waals surface area contributed by atoms with Crippen LogP contribution in [-0.2, 0) is 16.1 Å². The highest BCUT2D eigenvalue weighted by molar-refractivity contribution is 5.89. The van der Waals surface area contributed by atoms with E-state index in [9.17, 15) is 9.59 Å². The highest BCUT2D eigenvalue weighted by Gasteiger charge is 2.02. The molecule has 0 aliphatic rings. The molecule has 0 aliphatic heterocycles. The van der Waals surface area contributed by atoms with Gasteiger partial charge < -0.3 is 16.4 Å². The zero-order valence-corrected chi connectivity index (χ0v) is 10.5. The van der Waals surface area contributed by atoms with Crippen molar-refractivity contribution in [2.45, 2.75) is 26.3 Å². The van der Waals surface area contributed by atoms with Gasteiger partial charge in [-0.2, -0.15) is 0 Å². The smallest absolute Gasteiger partial charge is 0.221 e. The van der Waals surface area contributed by atoms with Gasteiger partial charge in [0, 0.05) is 25.6 Å².